The molecule has 0 radical (unpaired) electrons. The molecule has 242 valence electrons. The summed E-state index contributed by atoms with van der Waals surface area (Å²) in [6.45, 7) is 8.77. The Labute approximate surface area is 282 Å². The second-order valence-corrected chi connectivity index (χ2v) is 13.6. The van der Waals surface area contributed by atoms with Gasteiger partial charge in [-0.15, -0.1) is 0 Å². The summed E-state index contributed by atoms with van der Waals surface area (Å²) in [7, 11) is -0.603. The van der Waals surface area contributed by atoms with Gasteiger partial charge in [0.25, 0.3) is 0 Å². The number of anilines is 2. The van der Waals surface area contributed by atoms with Crippen molar-refractivity contribution in [2.75, 3.05) is 23.3 Å². The summed E-state index contributed by atoms with van der Waals surface area (Å²) >= 11 is 0. The van der Waals surface area contributed by atoms with E-state index in [0.29, 0.717) is 35.7 Å². The molecule has 7 rings (SSSR count). The Kier molecular flexibility index (Phi) is 8.18. The molecule has 1 aromatic heterocycles. The van der Waals surface area contributed by atoms with Crippen molar-refractivity contribution in [3.05, 3.63) is 155 Å². The molecule has 0 atom stereocenters. The molecular weight excluding hydrogens is 598 g/mol. The maximum atomic E-state index is 13.8. The van der Waals surface area contributed by atoms with Crippen LogP contribution >= 0.6 is 0 Å². The summed E-state index contributed by atoms with van der Waals surface area (Å²) < 4.78 is 26.7. The Bertz CT molecular complexity index is 1800. The molecule has 48 heavy (non-hydrogen) atoms. The monoisotopic (exact) mass is 638 g/mol. The van der Waals surface area contributed by atoms with Gasteiger partial charge >= 0.3 is 7.12 Å². The third kappa shape index (κ3) is 5.69. The summed E-state index contributed by atoms with van der Waals surface area (Å²) in [5.74, 6) is 0.662. The molecule has 2 aliphatic heterocycles. The molecule has 0 unspecified atom stereocenters. The summed E-state index contributed by atoms with van der Waals surface area (Å²) in [5, 5.41) is 13.6. The van der Waals surface area contributed by atoms with Crippen LogP contribution in [0.4, 0.5) is 15.9 Å². The third-order valence-electron chi connectivity index (χ3n) is 9.98. The normalized spacial score (nSPS) is 17.2. The van der Waals surface area contributed by atoms with Crippen LogP contribution in [0.3, 0.4) is 0 Å². The molecule has 0 saturated carbocycles. The van der Waals surface area contributed by atoms with Crippen LogP contribution in [0.15, 0.2) is 128 Å². The zero-order chi connectivity index (χ0) is 33.5. The van der Waals surface area contributed by atoms with Gasteiger partial charge in [0.2, 0.25) is 0 Å². The van der Waals surface area contributed by atoms with Crippen molar-refractivity contribution in [2.45, 2.75) is 50.6 Å². The lowest BCUT2D eigenvalue weighted by atomic mass is 9.75. The number of pyridine rings is 1. The molecule has 3 heterocycles. The Morgan fingerprint density at radius 1 is 0.792 bits per heavy atom. The highest BCUT2D eigenvalue weighted by molar-refractivity contribution is 6.62. The average molecular weight is 639 g/mol. The summed E-state index contributed by atoms with van der Waals surface area (Å²) in [4.78, 5) is 6.39. The van der Waals surface area contributed by atoms with E-state index in [0.717, 1.165) is 27.8 Å². The van der Waals surface area contributed by atoms with Crippen molar-refractivity contribution in [3.63, 3.8) is 0 Å². The highest BCUT2D eigenvalue weighted by atomic mass is 19.1. The Morgan fingerprint density at radius 2 is 1.31 bits per heavy atom. The minimum Gasteiger partial charge on any atom is -0.399 e. The number of benzene rings is 4. The first-order valence-corrected chi connectivity index (χ1v) is 16.5. The summed E-state index contributed by atoms with van der Waals surface area (Å²) in [5.41, 5.74) is 4.58. The number of nitrogens with one attached hydrogen (secondary N) is 2. The fourth-order valence-electron chi connectivity index (χ4n) is 6.50. The first-order chi connectivity index (χ1) is 23.1. The van der Waals surface area contributed by atoms with Gasteiger partial charge in [0.05, 0.1) is 30.0 Å². The van der Waals surface area contributed by atoms with Crippen LogP contribution in [0.5, 0.6) is 0 Å². The smallest absolute Gasteiger partial charge is 0.399 e. The number of alkyl halides is 1. The second-order valence-electron chi connectivity index (χ2n) is 13.6. The topological polar surface area (TPSA) is 70.5 Å². The van der Waals surface area contributed by atoms with E-state index >= 15 is 0 Å². The lowest BCUT2D eigenvalue weighted by molar-refractivity contribution is 0.00578. The number of hydrogen-bond acceptors (Lipinski definition) is 6. The van der Waals surface area contributed by atoms with E-state index in [9.17, 15) is 9.80 Å². The van der Waals surface area contributed by atoms with Crippen LogP contribution in [-0.4, -0.2) is 48.3 Å². The van der Waals surface area contributed by atoms with Gasteiger partial charge in [0.1, 0.15) is 17.5 Å². The molecule has 2 aliphatic rings. The number of hydrogen-bond donors (Lipinski definition) is 2. The zero-order valence-corrected chi connectivity index (χ0v) is 27.8. The van der Waals surface area contributed by atoms with Crippen molar-refractivity contribution >= 4 is 29.8 Å². The van der Waals surface area contributed by atoms with Crippen LogP contribution in [0.25, 0.3) is 0 Å². The molecule has 6 nitrogen and oxygen atoms in total. The Morgan fingerprint density at radius 3 is 1.81 bits per heavy atom. The standard InChI is InChI=1S/C40H40BFN4O2/c1-38(2)39(3,4)48-41(47-38)32-20-21-35(34(25-32)37(43)28-22-23-44-36(24-28)46-26-33(42)27-46)45-40(29-14-8-5-9-15-29,30-16-10-6-11-17-30)31-18-12-7-13-19-31/h5-25,33,43,45H,26-27H2,1-4H3. The van der Waals surface area contributed by atoms with Crippen molar-refractivity contribution in [1.29, 1.82) is 5.41 Å². The van der Waals surface area contributed by atoms with Gasteiger partial charge in [-0.1, -0.05) is 103 Å². The average Bonchev–Trinajstić information content (AvgIpc) is 3.32. The van der Waals surface area contributed by atoms with Crippen molar-refractivity contribution in [2.24, 2.45) is 0 Å². The van der Waals surface area contributed by atoms with Gasteiger partial charge in [-0.2, -0.15) is 0 Å². The number of nitrogens with zero attached hydrogens (tertiary/aromatic N) is 2. The van der Waals surface area contributed by atoms with E-state index < -0.39 is 30.0 Å². The van der Waals surface area contributed by atoms with E-state index in [2.05, 4.69) is 83.1 Å². The molecule has 8 heteroatoms. The van der Waals surface area contributed by atoms with Crippen LogP contribution in [0.1, 0.15) is 55.5 Å². The molecule has 0 bridgehead atoms. The van der Waals surface area contributed by atoms with Gasteiger partial charge in [-0.25, -0.2) is 9.37 Å². The van der Waals surface area contributed by atoms with Gasteiger partial charge < -0.3 is 19.5 Å². The fourth-order valence-corrected chi connectivity index (χ4v) is 6.50. The molecule has 4 aromatic carbocycles. The first-order valence-electron chi connectivity index (χ1n) is 16.5. The van der Waals surface area contributed by atoms with Crippen LogP contribution < -0.4 is 15.7 Å². The maximum absolute atomic E-state index is 13.8. The van der Waals surface area contributed by atoms with Gasteiger partial charge in [0, 0.05) is 23.0 Å². The highest BCUT2D eigenvalue weighted by Crippen LogP contribution is 2.42. The van der Waals surface area contributed by atoms with Crippen LogP contribution in [0.2, 0.25) is 0 Å². The minimum atomic E-state index is -0.857. The van der Waals surface area contributed by atoms with E-state index in [1.807, 2.05) is 81.1 Å². The van der Waals surface area contributed by atoms with Gasteiger partial charge in [-0.3, -0.25) is 5.41 Å². The lowest BCUT2D eigenvalue weighted by Crippen LogP contribution is -2.48. The van der Waals surface area contributed by atoms with Gasteiger partial charge in [0.15, 0.2) is 0 Å². The molecule has 0 aliphatic carbocycles. The van der Waals surface area contributed by atoms with E-state index in [-0.39, 0.29) is 0 Å². The Balaban J connectivity index is 1.40. The van der Waals surface area contributed by atoms with Crippen LogP contribution in [-0.2, 0) is 14.8 Å². The molecule has 0 amide bonds. The van der Waals surface area contributed by atoms with Crippen molar-refractivity contribution in [1.82, 2.24) is 4.98 Å². The molecule has 2 fully saturated rings. The lowest BCUT2D eigenvalue weighted by Gasteiger charge is -2.38. The fraction of sp³-hybridized carbons (Fsp3) is 0.250. The molecule has 0 spiro atoms. The first kappa shape index (κ1) is 31.8. The number of aromatic nitrogens is 1. The number of rotatable bonds is 9. The maximum Gasteiger partial charge on any atom is 0.494 e. The van der Waals surface area contributed by atoms with Crippen molar-refractivity contribution in [3.8, 4) is 0 Å². The minimum absolute atomic E-state index is 0.305. The molecular formula is C40H40BFN4O2. The molecule has 5 aromatic rings. The predicted octanol–water partition coefficient (Wildman–Crippen LogP) is 7.36. The number of halogens is 1. The third-order valence-corrected chi connectivity index (χ3v) is 9.98. The van der Waals surface area contributed by atoms with E-state index in [1.54, 1.807) is 6.20 Å². The molecule has 2 saturated heterocycles. The Hall–Kier alpha value is -4.79. The summed E-state index contributed by atoms with van der Waals surface area (Å²) in [6, 6.07) is 41.0. The predicted molar refractivity (Wildman–Crippen MR) is 192 cm³/mol. The van der Waals surface area contributed by atoms with E-state index in [1.165, 1.54) is 0 Å². The quantitative estimate of drug-likeness (QED) is 0.100. The zero-order valence-electron chi connectivity index (χ0n) is 27.8. The summed E-state index contributed by atoms with van der Waals surface area (Å²) in [6.07, 6.45) is 0.836. The second kappa shape index (κ2) is 12.3. The van der Waals surface area contributed by atoms with E-state index in [4.69, 9.17) is 9.31 Å². The van der Waals surface area contributed by atoms with Gasteiger partial charge in [-0.05, 0) is 68.0 Å². The SMILES string of the molecule is CC1(C)OB(c2ccc(NC(c3ccccc3)(c3ccccc3)c3ccccc3)c(C(=N)c3ccnc(N4CC(F)C4)c3)c2)OC1(C)C. The molecule has 2 N–H and O–H groups in total. The highest BCUT2D eigenvalue weighted by Gasteiger charge is 2.52. The van der Waals surface area contributed by atoms with Crippen LogP contribution in [0, 0.1) is 5.41 Å². The largest absolute Gasteiger partial charge is 0.494 e. The van der Waals surface area contributed by atoms with Crippen molar-refractivity contribution < 1.29 is 13.7 Å².